The lowest BCUT2D eigenvalue weighted by molar-refractivity contribution is -0.122. The van der Waals surface area contributed by atoms with Crippen molar-refractivity contribution in [3.63, 3.8) is 0 Å². The zero-order chi connectivity index (χ0) is 18.4. The average Bonchev–Trinajstić information content (AvgIpc) is 2.56. The molecular formula is C18H19F2NO4. The molecule has 0 bridgehead atoms. The number of carbonyl (C=O) groups excluding carboxylic acids is 1. The zero-order valence-corrected chi connectivity index (χ0v) is 14.1. The zero-order valence-electron chi connectivity index (χ0n) is 14.1. The molecule has 0 heterocycles. The van der Waals surface area contributed by atoms with E-state index >= 15 is 0 Å². The van der Waals surface area contributed by atoms with Crippen LogP contribution in [0.4, 0.5) is 14.5 Å². The fourth-order valence-electron chi connectivity index (χ4n) is 2.06. The van der Waals surface area contributed by atoms with Crippen LogP contribution in [0, 0.1) is 6.92 Å². The molecule has 0 saturated heterocycles. The highest BCUT2D eigenvalue weighted by Crippen LogP contribution is 2.31. The molecule has 2 aromatic rings. The highest BCUT2D eigenvalue weighted by Gasteiger charge is 2.17. The van der Waals surface area contributed by atoms with Crippen molar-refractivity contribution in [3.05, 3.63) is 48.0 Å². The third kappa shape index (κ3) is 5.34. The van der Waals surface area contributed by atoms with Crippen molar-refractivity contribution >= 4 is 11.6 Å². The number of halogens is 2. The Morgan fingerprint density at radius 1 is 1.04 bits per heavy atom. The smallest absolute Gasteiger partial charge is 0.387 e. The van der Waals surface area contributed by atoms with Crippen molar-refractivity contribution in [1.82, 2.24) is 0 Å². The highest BCUT2D eigenvalue weighted by atomic mass is 19.3. The summed E-state index contributed by atoms with van der Waals surface area (Å²) < 4.78 is 39.8. The molecule has 0 spiro atoms. The molecule has 0 fully saturated rings. The summed E-state index contributed by atoms with van der Waals surface area (Å²) >= 11 is 0. The Bertz CT molecular complexity index is 720. The third-order valence-corrected chi connectivity index (χ3v) is 3.35. The second-order valence-electron chi connectivity index (χ2n) is 5.31. The minimum Gasteiger partial charge on any atom is -0.493 e. The van der Waals surface area contributed by atoms with Crippen LogP contribution in [-0.2, 0) is 4.79 Å². The molecule has 0 unspecified atom stereocenters. The molecule has 1 amide bonds. The monoisotopic (exact) mass is 351 g/mol. The van der Waals surface area contributed by atoms with Gasteiger partial charge in [0.25, 0.3) is 5.91 Å². The molecule has 1 N–H and O–H groups in total. The number of hydrogen-bond acceptors (Lipinski definition) is 4. The van der Waals surface area contributed by atoms with Gasteiger partial charge < -0.3 is 19.5 Å². The molecule has 7 heteroatoms. The van der Waals surface area contributed by atoms with Crippen molar-refractivity contribution in [3.8, 4) is 17.2 Å². The van der Waals surface area contributed by atoms with Gasteiger partial charge in [-0.3, -0.25) is 4.79 Å². The molecule has 0 aliphatic heterocycles. The van der Waals surface area contributed by atoms with Crippen LogP contribution in [0.3, 0.4) is 0 Å². The van der Waals surface area contributed by atoms with Gasteiger partial charge in [0, 0.05) is 11.8 Å². The summed E-state index contributed by atoms with van der Waals surface area (Å²) in [7, 11) is 1.34. The lowest BCUT2D eigenvalue weighted by atomic mass is 10.2. The summed E-state index contributed by atoms with van der Waals surface area (Å²) in [4.78, 5) is 12.2. The predicted octanol–water partition coefficient (Wildman–Crippen LogP) is 4.01. The van der Waals surface area contributed by atoms with Crippen molar-refractivity contribution < 1.29 is 27.8 Å². The number of ether oxygens (including phenoxy) is 3. The topological polar surface area (TPSA) is 56.8 Å². The number of benzene rings is 2. The van der Waals surface area contributed by atoms with Crippen LogP contribution in [0.25, 0.3) is 0 Å². The predicted molar refractivity (Wildman–Crippen MR) is 89.5 cm³/mol. The molecule has 25 heavy (non-hydrogen) atoms. The fourth-order valence-corrected chi connectivity index (χ4v) is 2.06. The Balaban J connectivity index is 2.04. The number of methoxy groups -OCH3 is 1. The second-order valence-corrected chi connectivity index (χ2v) is 5.31. The highest BCUT2D eigenvalue weighted by molar-refractivity contribution is 5.94. The van der Waals surface area contributed by atoms with Gasteiger partial charge >= 0.3 is 6.61 Å². The van der Waals surface area contributed by atoms with Crippen molar-refractivity contribution in [2.75, 3.05) is 12.4 Å². The van der Waals surface area contributed by atoms with E-state index in [0.29, 0.717) is 11.4 Å². The van der Waals surface area contributed by atoms with E-state index in [-0.39, 0.29) is 11.5 Å². The molecule has 0 aromatic heterocycles. The lowest BCUT2D eigenvalue weighted by Gasteiger charge is -2.16. The van der Waals surface area contributed by atoms with Crippen LogP contribution < -0.4 is 19.5 Å². The van der Waals surface area contributed by atoms with Gasteiger partial charge in [0.2, 0.25) is 0 Å². The molecule has 5 nitrogen and oxygen atoms in total. The van der Waals surface area contributed by atoms with Gasteiger partial charge in [-0.25, -0.2) is 0 Å². The van der Waals surface area contributed by atoms with E-state index in [1.165, 1.54) is 25.3 Å². The molecule has 134 valence electrons. The summed E-state index contributed by atoms with van der Waals surface area (Å²) in [6, 6.07) is 11.5. The number of anilines is 1. The maximum atomic E-state index is 12.4. The third-order valence-electron chi connectivity index (χ3n) is 3.35. The number of carbonyl (C=O) groups is 1. The molecule has 0 aliphatic rings. The Morgan fingerprint density at radius 3 is 2.32 bits per heavy atom. The summed E-state index contributed by atoms with van der Waals surface area (Å²) in [5.41, 5.74) is 1.37. The van der Waals surface area contributed by atoms with Crippen LogP contribution in [-0.4, -0.2) is 25.7 Å². The first kappa shape index (κ1) is 18.5. The number of aryl methyl sites for hydroxylation is 1. The first-order valence-corrected chi connectivity index (χ1v) is 7.56. The Labute approximate surface area is 144 Å². The molecule has 0 radical (unpaired) electrons. The van der Waals surface area contributed by atoms with Gasteiger partial charge in [-0.05, 0) is 38.1 Å². The van der Waals surface area contributed by atoms with E-state index in [1.807, 2.05) is 19.1 Å². The lowest BCUT2D eigenvalue weighted by Crippen LogP contribution is -2.30. The Hall–Kier alpha value is -2.83. The van der Waals surface area contributed by atoms with Crippen LogP contribution in [0.15, 0.2) is 42.5 Å². The maximum absolute atomic E-state index is 12.4. The van der Waals surface area contributed by atoms with Crippen molar-refractivity contribution in [2.24, 2.45) is 0 Å². The molecule has 2 rings (SSSR count). The first-order chi connectivity index (χ1) is 11.9. The number of hydrogen-bond donors (Lipinski definition) is 1. The fraction of sp³-hybridized carbons (Fsp3) is 0.278. The van der Waals surface area contributed by atoms with Crippen molar-refractivity contribution in [1.29, 1.82) is 0 Å². The Morgan fingerprint density at radius 2 is 1.72 bits per heavy atom. The number of alkyl halides is 2. The van der Waals surface area contributed by atoms with Gasteiger partial charge in [0.1, 0.15) is 5.75 Å². The van der Waals surface area contributed by atoms with E-state index in [1.54, 1.807) is 19.1 Å². The van der Waals surface area contributed by atoms with Crippen LogP contribution in [0.5, 0.6) is 17.2 Å². The van der Waals surface area contributed by atoms with Crippen LogP contribution >= 0.6 is 0 Å². The summed E-state index contributed by atoms with van der Waals surface area (Å²) in [6.45, 7) is 0.543. The quantitative estimate of drug-likeness (QED) is 0.819. The van der Waals surface area contributed by atoms with E-state index in [2.05, 4.69) is 10.1 Å². The van der Waals surface area contributed by atoms with Gasteiger partial charge in [-0.1, -0.05) is 17.7 Å². The molecule has 2 aromatic carbocycles. The maximum Gasteiger partial charge on any atom is 0.387 e. The molecular weight excluding hydrogens is 332 g/mol. The SMILES string of the molecule is COc1ccc(NC(=O)[C@H](C)Oc2ccc(C)cc2)cc1OC(F)F. The largest absolute Gasteiger partial charge is 0.493 e. The molecule has 1 atom stereocenters. The minimum atomic E-state index is -3.00. The van der Waals surface area contributed by atoms with Gasteiger partial charge in [-0.15, -0.1) is 0 Å². The number of amides is 1. The first-order valence-electron chi connectivity index (χ1n) is 7.56. The standard InChI is InChI=1S/C18H19F2NO4/c1-11-4-7-14(8-5-11)24-12(2)17(22)21-13-6-9-15(23-3)16(10-13)25-18(19)20/h4-10,12,18H,1-3H3,(H,21,22)/t12-/m0/s1. The van der Waals surface area contributed by atoms with Gasteiger partial charge in [0.05, 0.1) is 7.11 Å². The summed E-state index contributed by atoms with van der Waals surface area (Å²) in [5, 5.41) is 2.59. The molecule has 0 aliphatic carbocycles. The van der Waals surface area contributed by atoms with Crippen LogP contribution in [0.1, 0.15) is 12.5 Å². The second kappa shape index (κ2) is 8.32. The van der Waals surface area contributed by atoms with E-state index in [0.717, 1.165) is 5.56 Å². The Kier molecular flexibility index (Phi) is 6.16. The number of nitrogens with one attached hydrogen (secondary N) is 1. The van der Waals surface area contributed by atoms with Gasteiger partial charge in [-0.2, -0.15) is 8.78 Å². The van der Waals surface area contributed by atoms with E-state index < -0.39 is 18.6 Å². The van der Waals surface area contributed by atoms with E-state index in [4.69, 9.17) is 9.47 Å². The normalized spacial score (nSPS) is 11.8. The van der Waals surface area contributed by atoms with E-state index in [9.17, 15) is 13.6 Å². The van der Waals surface area contributed by atoms with Gasteiger partial charge in [0.15, 0.2) is 17.6 Å². The van der Waals surface area contributed by atoms with Crippen LogP contribution in [0.2, 0.25) is 0 Å². The number of rotatable bonds is 7. The summed E-state index contributed by atoms with van der Waals surface area (Å²) in [6.07, 6.45) is -0.774. The van der Waals surface area contributed by atoms with Crippen molar-refractivity contribution in [2.45, 2.75) is 26.6 Å². The summed E-state index contributed by atoms with van der Waals surface area (Å²) in [5.74, 6) is 0.114. The molecule has 0 saturated carbocycles. The minimum absolute atomic E-state index is 0.141. The average molecular weight is 351 g/mol.